The number of carbonyl (C=O) groups excluding carboxylic acids is 2. The summed E-state index contributed by atoms with van der Waals surface area (Å²) in [5.41, 5.74) is 4.47. The number of hydrazone groups is 1. The molecule has 0 bridgehead atoms. The van der Waals surface area contributed by atoms with Crippen molar-refractivity contribution in [2.45, 2.75) is 13.5 Å². The van der Waals surface area contributed by atoms with Gasteiger partial charge >= 0.3 is 0 Å². The lowest BCUT2D eigenvalue weighted by molar-refractivity contribution is -0.120. The number of nitrogens with one attached hydrogen (secondary N) is 2. The van der Waals surface area contributed by atoms with Crippen molar-refractivity contribution in [1.29, 1.82) is 0 Å². The summed E-state index contributed by atoms with van der Waals surface area (Å²) in [6.45, 7) is 2.60. The molecule has 0 unspecified atom stereocenters. The summed E-state index contributed by atoms with van der Waals surface area (Å²) in [4.78, 5) is 24.4. The van der Waals surface area contributed by atoms with Crippen LogP contribution in [0.1, 0.15) is 28.4 Å². The molecule has 0 aliphatic carbocycles. The molecular formula is C26H24BrN3O6. The number of carbonyl (C=O) groups is 2. The van der Waals surface area contributed by atoms with Crippen molar-refractivity contribution in [3.63, 3.8) is 0 Å². The smallest absolute Gasteiger partial charge is 0.259 e. The van der Waals surface area contributed by atoms with Gasteiger partial charge in [-0.1, -0.05) is 30.3 Å². The minimum atomic E-state index is -0.479. The second-order valence-corrected chi connectivity index (χ2v) is 8.44. The summed E-state index contributed by atoms with van der Waals surface area (Å²) < 4.78 is 22.9. The van der Waals surface area contributed by atoms with E-state index in [0.717, 1.165) is 5.56 Å². The van der Waals surface area contributed by atoms with Crippen LogP contribution in [-0.4, -0.2) is 38.0 Å². The van der Waals surface area contributed by atoms with Crippen molar-refractivity contribution >= 4 is 34.0 Å². The van der Waals surface area contributed by atoms with E-state index in [9.17, 15) is 9.59 Å². The van der Waals surface area contributed by atoms with Crippen molar-refractivity contribution < 1.29 is 28.5 Å². The molecule has 186 valence electrons. The highest BCUT2D eigenvalue weighted by Gasteiger charge is 2.17. The zero-order valence-corrected chi connectivity index (χ0v) is 21.0. The van der Waals surface area contributed by atoms with Crippen LogP contribution in [0.5, 0.6) is 23.0 Å². The Morgan fingerprint density at radius 2 is 1.86 bits per heavy atom. The Labute approximate surface area is 216 Å². The highest BCUT2D eigenvalue weighted by Crippen LogP contribution is 2.37. The van der Waals surface area contributed by atoms with E-state index in [2.05, 4.69) is 31.8 Å². The molecule has 0 saturated heterocycles. The number of nitrogens with zero attached hydrogens (tertiary/aromatic N) is 1. The normalized spacial score (nSPS) is 11.8. The van der Waals surface area contributed by atoms with Crippen LogP contribution in [0.25, 0.3) is 0 Å². The maximum atomic E-state index is 12.3. The van der Waals surface area contributed by atoms with Gasteiger partial charge in [-0.15, -0.1) is 0 Å². The summed E-state index contributed by atoms with van der Waals surface area (Å²) in [6.07, 6.45) is 1.48. The summed E-state index contributed by atoms with van der Waals surface area (Å²) in [7, 11) is 0. The van der Waals surface area contributed by atoms with Gasteiger partial charge in [0.15, 0.2) is 23.0 Å². The fourth-order valence-electron chi connectivity index (χ4n) is 3.31. The van der Waals surface area contributed by atoms with Gasteiger partial charge < -0.3 is 24.3 Å². The Morgan fingerprint density at radius 1 is 1.06 bits per heavy atom. The van der Waals surface area contributed by atoms with Crippen molar-refractivity contribution in [1.82, 2.24) is 10.7 Å². The largest absolute Gasteiger partial charge is 0.490 e. The summed E-state index contributed by atoms with van der Waals surface area (Å²) in [6, 6.07) is 18.2. The molecule has 2 amide bonds. The average molecular weight is 554 g/mol. The summed E-state index contributed by atoms with van der Waals surface area (Å²) >= 11 is 3.53. The van der Waals surface area contributed by atoms with Gasteiger partial charge in [-0.3, -0.25) is 9.59 Å². The van der Waals surface area contributed by atoms with Crippen LogP contribution in [0.4, 0.5) is 0 Å². The fourth-order valence-corrected chi connectivity index (χ4v) is 3.89. The maximum absolute atomic E-state index is 12.3. The van der Waals surface area contributed by atoms with E-state index in [-0.39, 0.29) is 13.3 Å². The summed E-state index contributed by atoms with van der Waals surface area (Å²) in [5, 5.41) is 6.52. The quantitative estimate of drug-likeness (QED) is 0.290. The highest BCUT2D eigenvalue weighted by atomic mass is 79.9. The zero-order chi connectivity index (χ0) is 25.3. The molecular weight excluding hydrogens is 530 g/mol. The number of hydrogen-bond donors (Lipinski definition) is 2. The molecule has 0 radical (unpaired) electrons. The Bertz CT molecular complexity index is 1270. The number of hydrogen-bond acceptors (Lipinski definition) is 7. The van der Waals surface area contributed by atoms with Crippen LogP contribution >= 0.6 is 15.9 Å². The monoisotopic (exact) mass is 553 g/mol. The molecule has 1 heterocycles. The topological polar surface area (TPSA) is 107 Å². The van der Waals surface area contributed by atoms with E-state index >= 15 is 0 Å². The number of fused-ring (bicyclic) bond motifs is 1. The zero-order valence-electron chi connectivity index (χ0n) is 19.5. The van der Waals surface area contributed by atoms with Crippen molar-refractivity contribution in [2.75, 3.05) is 19.9 Å². The number of halogens is 1. The van der Waals surface area contributed by atoms with E-state index in [1.807, 2.05) is 37.3 Å². The second-order valence-electron chi connectivity index (χ2n) is 7.58. The molecule has 3 aromatic carbocycles. The molecule has 4 rings (SSSR count). The second kappa shape index (κ2) is 12.1. The number of ether oxygens (including phenoxy) is 4. The van der Waals surface area contributed by atoms with Gasteiger partial charge in [0.1, 0.15) is 6.61 Å². The third-order valence-electron chi connectivity index (χ3n) is 5.00. The third-order valence-corrected chi connectivity index (χ3v) is 5.59. The molecule has 0 spiro atoms. The molecule has 10 heteroatoms. The molecule has 1 aliphatic rings. The molecule has 0 aromatic heterocycles. The van der Waals surface area contributed by atoms with Gasteiger partial charge in [0.05, 0.1) is 23.8 Å². The first-order valence-electron chi connectivity index (χ1n) is 11.2. The minimum Gasteiger partial charge on any atom is -0.490 e. The molecule has 9 nitrogen and oxygen atoms in total. The van der Waals surface area contributed by atoms with E-state index in [0.29, 0.717) is 51.8 Å². The van der Waals surface area contributed by atoms with E-state index in [4.69, 9.17) is 18.9 Å². The van der Waals surface area contributed by atoms with Gasteiger partial charge in [-0.25, -0.2) is 5.43 Å². The van der Waals surface area contributed by atoms with Gasteiger partial charge in [0.2, 0.25) is 6.79 Å². The first-order valence-corrected chi connectivity index (χ1v) is 12.0. The maximum Gasteiger partial charge on any atom is 0.259 e. The number of rotatable bonds is 10. The predicted octanol–water partition coefficient (Wildman–Crippen LogP) is 4.04. The predicted molar refractivity (Wildman–Crippen MR) is 137 cm³/mol. The van der Waals surface area contributed by atoms with E-state index < -0.39 is 11.8 Å². The molecule has 0 atom stereocenters. The van der Waals surface area contributed by atoms with Crippen LogP contribution in [0.2, 0.25) is 0 Å². The van der Waals surface area contributed by atoms with Crippen LogP contribution in [-0.2, 0) is 11.4 Å². The SMILES string of the molecule is CCOc1cc(C=NNC(=O)CNC(=O)c2ccc3c(c2)OCO3)cc(Br)c1OCc1ccccc1. The van der Waals surface area contributed by atoms with Crippen molar-refractivity contribution in [3.05, 3.63) is 81.8 Å². The van der Waals surface area contributed by atoms with E-state index in [1.54, 1.807) is 30.3 Å². The van der Waals surface area contributed by atoms with Crippen LogP contribution in [0, 0.1) is 0 Å². The van der Waals surface area contributed by atoms with Crippen molar-refractivity contribution in [3.8, 4) is 23.0 Å². The lowest BCUT2D eigenvalue weighted by atomic mass is 10.2. The average Bonchev–Trinajstić information content (AvgIpc) is 3.36. The first kappa shape index (κ1) is 25.1. The molecule has 1 aliphatic heterocycles. The van der Waals surface area contributed by atoms with Gasteiger partial charge in [0, 0.05) is 5.56 Å². The van der Waals surface area contributed by atoms with Crippen LogP contribution < -0.4 is 29.7 Å². The lowest BCUT2D eigenvalue weighted by Gasteiger charge is -2.14. The fraction of sp³-hybridized carbons (Fsp3) is 0.192. The lowest BCUT2D eigenvalue weighted by Crippen LogP contribution is -2.34. The number of benzene rings is 3. The molecule has 3 aromatic rings. The van der Waals surface area contributed by atoms with Crippen LogP contribution in [0.15, 0.2) is 70.2 Å². The van der Waals surface area contributed by atoms with E-state index in [1.165, 1.54) is 6.21 Å². The Balaban J connectivity index is 1.31. The van der Waals surface area contributed by atoms with Gasteiger partial charge in [-0.05, 0) is 64.3 Å². The minimum absolute atomic E-state index is 0.118. The Hall–Kier alpha value is -4.05. The Morgan fingerprint density at radius 3 is 2.67 bits per heavy atom. The molecule has 36 heavy (non-hydrogen) atoms. The highest BCUT2D eigenvalue weighted by molar-refractivity contribution is 9.10. The molecule has 0 saturated carbocycles. The standard InChI is InChI=1S/C26H24BrN3O6/c1-2-33-23-11-18(10-20(27)25(23)34-15-17-6-4-3-5-7-17)13-29-30-24(31)14-28-26(32)19-8-9-21-22(12-19)36-16-35-21/h3-13H,2,14-16H2,1H3,(H,28,32)(H,30,31). The van der Waals surface area contributed by atoms with Gasteiger partial charge in [-0.2, -0.15) is 5.10 Å². The van der Waals surface area contributed by atoms with Crippen molar-refractivity contribution in [2.24, 2.45) is 5.10 Å². The first-order chi connectivity index (χ1) is 17.5. The number of amides is 2. The molecule has 2 N–H and O–H groups in total. The van der Waals surface area contributed by atoms with Gasteiger partial charge in [0.25, 0.3) is 11.8 Å². The Kier molecular flexibility index (Phi) is 8.40. The van der Waals surface area contributed by atoms with Crippen LogP contribution in [0.3, 0.4) is 0 Å². The third kappa shape index (κ3) is 6.54. The molecule has 0 fully saturated rings. The summed E-state index contributed by atoms with van der Waals surface area (Å²) in [5.74, 6) is 1.30.